The highest BCUT2D eigenvalue weighted by atomic mass is 35.5. The Balaban J connectivity index is 1.67. The summed E-state index contributed by atoms with van der Waals surface area (Å²) in [7, 11) is -3.46. The molecule has 1 fully saturated rings. The Morgan fingerprint density at radius 3 is 2.41 bits per heavy atom. The van der Waals surface area contributed by atoms with Gasteiger partial charge in [-0.15, -0.1) is 0 Å². The third-order valence-corrected chi connectivity index (χ3v) is 6.85. The second kappa shape index (κ2) is 7.84. The number of aryl methyl sites for hydroxylation is 1. The monoisotopic (exact) mass is 409 g/mol. The predicted octanol–water partition coefficient (Wildman–Crippen LogP) is 1.62. The SMILES string of the molecule is Cc1[nH]cc(C(=O)N2CCN(S(=O)(=O)Cc3ccccc3)CC2)c(=O)c1Cl. The summed E-state index contributed by atoms with van der Waals surface area (Å²) in [4.78, 5) is 29.1. The number of benzene rings is 1. The number of nitrogens with zero attached hydrogens (tertiary/aromatic N) is 2. The minimum absolute atomic E-state index is 0.00933. The molecule has 0 aliphatic carbocycles. The lowest BCUT2D eigenvalue weighted by Gasteiger charge is -2.34. The molecule has 1 aliphatic heterocycles. The molecule has 0 unspecified atom stereocenters. The number of pyridine rings is 1. The molecule has 1 aromatic carbocycles. The smallest absolute Gasteiger partial charge is 0.259 e. The summed E-state index contributed by atoms with van der Waals surface area (Å²) in [5.41, 5.74) is 0.662. The van der Waals surface area contributed by atoms with E-state index in [-0.39, 0.29) is 42.5 Å². The van der Waals surface area contributed by atoms with Gasteiger partial charge in [0.25, 0.3) is 5.91 Å². The van der Waals surface area contributed by atoms with E-state index in [1.807, 2.05) is 6.07 Å². The second-order valence-corrected chi connectivity index (χ2v) is 8.75. The highest BCUT2D eigenvalue weighted by Gasteiger charge is 2.30. The van der Waals surface area contributed by atoms with Crippen LogP contribution in [0.25, 0.3) is 0 Å². The number of carbonyl (C=O) groups excluding carboxylic acids is 1. The van der Waals surface area contributed by atoms with Crippen molar-refractivity contribution in [1.29, 1.82) is 0 Å². The largest absolute Gasteiger partial charge is 0.363 e. The minimum Gasteiger partial charge on any atom is -0.363 e. The molecule has 0 spiro atoms. The molecular weight excluding hydrogens is 390 g/mol. The molecule has 0 bridgehead atoms. The van der Waals surface area contributed by atoms with Crippen molar-refractivity contribution in [2.75, 3.05) is 26.2 Å². The van der Waals surface area contributed by atoms with E-state index in [2.05, 4.69) is 4.98 Å². The number of hydrogen-bond donors (Lipinski definition) is 1. The average Bonchev–Trinajstić information content (AvgIpc) is 2.66. The molecule has 0 atom stereocenters. The normalized spacial score (nSPS) is 15.7. The van der Waals surface area contributed by atoms with Crippen molar-refractivity contribution >= 4 is 27.5 Å². The first-order valence-electron chi connectivity index (χ1n) is 8.48. The number of aromatic nitrogens is 1. The summed E-state index contributed by atoms with van der Waals surface area (Å²) in [5, 5.41) is -0.00933. The lowest BCUT2D eigenvalue weighted by Crippen LogP contribution is -2.51. The van der Waals surface area contributed by atoms with E-state index >= 15 is 0 Å². The van der Waals surface area contributed by atoms with Crippen LogP contribution >= 0.6 is 11.6 Å². The minimum atomic E-state index is -3.46. The van der Waals surface area contributed by atoms with Gasteiger partial charge in [0.05, 0.1) is 5.75 Å². The Morgan fingerprint density at radius 1 is 1.15 bits per heavy atom. The van der Waals surface area contributed by atoms with Gasteiger partial charge in [0.2, 0.25) is 15.5 Å². The van der Waals surface area contributed by atoms with Gasteiger partial charge in [-0.1, -0.05) is 41.9 Å². The zero-order valence-corrected chi connectivity index (χ0v) is 16.4. The maximum Gasteiger partial charge on any atom is 0.259 e. The van der Waals surface area contributed by atoms with Gasteiger partial charge in [0.15, 0.2) is 0 Å². The van der Waals surface area contributed by atoms with Gasteiger partial charge in [-0.2, -0.15) is 4.31 Å². The highest BCUT2D eigenvalue weighted by Crippen LogP contribution is 2.15. The van der Waals surface area contributed by atoms with Crippen molar-refractivity contribution in [3.05, 3.63) is 68.6 Å². The van der Waals surface area contributed by atoms with Crippen molar-refractivity contribution in [3.63, 3.8) is 0 Å². The van der Waals surface area contributed by atoms with Gasteiger partial charge >= 0.3 is 0 Å². The number of rotatable bonds is 4. The first kappa shape index (κ1) is 19.6. The van der Waals surface area contributed by atoms with Crippen LogP contribution < -0.4 is 5.43 Å². The fourth-order valence-corrected chi connectivity index (χ4v) is 4.64. The van der Waals surface area contributed by atoms with E-state index in [0.29, 0.717) is 5.69 Å². The molecule has 1 aromatic heterocycles. The van der Waals surface area contributed by atoms with Gasteiger partial charge in [0.1, 0.15) is 10.6 Å². The Morgan fingerprint density at radius 2 is 1.78 bits per heavy atom. The molecule has 27 heavy (non-hydrogen) atoms. The maximum atomic E-state index is 12.6. The fourth-order valence-electron chi connectivity index (χ4n) is 2.97. The molecule has 144 valence electrons. The van der Waals surface area contributed by atoms with E-state index in [0.717, 1.165) is 5.56 Å². The van der Waals surface area contributed by atoms with Crippen LogP contribution in [0.4, 0.5) is 0 Å². The topological polar surface area (TPSA) is 90.6 Å². The number of aromatic amines is 1. The van der Waals surface area contributed by atoms with Gasteiger partial charge in [-0.25, -0.2) is 8.42 Å². The summed E-state index contributed by atoms with van der Waals surface area (Å²) in [6.07, 6.45) is 1.35. The van der Waals surface area contributed by atoms with Crippen molar-refractivity contribution < 1.29 is 13.2 Å². The lowest BCUT2D eigenvalue weighted by atomic mass is 10.2. The van der Waals surface area contributed by atoms with Crippen LogP contribution in [0.2, 0.25) is 5.02 Å². The first-order valence-corrected chi connectivity index (χ1v) is 10.5. The fraction of sp³-hybridized carbons (Fsp3) is 0.333. The Hall–Kier alpha value is -2.16. The number of carbonyl (C=O) groups is 1. The predicted molar refractivity (Wildman–Crippen MR) is 103 cm³/mol. The van der Waals surface area contributed by atoms with Crippen LogP contribution in [0, 0.1) is 6.92 Å². The molecule has 1 N–H and O–H groups in total. The summed E-state index contributed by atoms with van der Waals surface area (Å²) < 4.78 is 26.6. The zero-order valence-electron chi connectivity index (χ0n) is 14.8. The molecule has 3 rings (SSSR count). The van der Waals surface area contributed by atoms with Crippen LogP contribution in [0.1, 0.15) is 21.6 Å². The summed E-state index contributed by atoms with van der Waals surface area (Å²) in [5.74, 6) is -0.520. The van der Waals surface area contributed by atoms with Gasteiger partial charge < -0.3 is 9.88 Å². The zero-order chi connectivity index (χ0) is 19.6. The van der Waals surface area contributed by atoms with Crippen molar-refractivity contribution in [1.82, 2.24) is 14.2 Å². The summed E-state index contributed by atoms with van der Waals surface area (Å²) in [6, 6.07) is 8.96. The van der Waals surface area contributed by atoms with Gasteiger partial charge in [-0.05, 0) is 12.5 Å². The van der Waals surface area contributed by atoms with E-state index in [1.54, 1.807) is 31.2 Å². The second-order valence-electron chi connectivity index (χ2n) is 6.40. The number of hydrogen-bond acceptors (Lipinski definition) is 4. The number of sulfonamides is 1. The van der Waals surface area contributed by atoms with Crippen LogP contribution in [0.3, 0.4) is 0 Å². The average molecular weight is 410 g/mol. The molecule has 1 aliphatic rings. The van der Waals surface area contributed by atoms with Crippen LogP contribution in [-0.2, 0) is 15.8 Å². The third-order valence-electron chi connectivity index (χ3n) is 4.55. The number of nitrogens with one attached hydrogen (secondary N) is 1. The van der Waals surface area contributed by atoms with Crippen molar-refractivity contribution in [3.8, 4) is 0 Å². The lowest BCUT2D eigenvalue weighted by molar-refractivity contribution is 0.0696. The van der Waals surface area contributed by atoms with Crippen LogP contribution in [0.5, 0.6) is 0 Å². The standard InChI is InChI=1S/C18H20ClN3O4S/c1-13-16(19)17(23)15(11-20-13)18(24)21-7-9-22(10-8-21)27(25,26)12-14-5-3-2-4-6-14/h2-6,11H,7-10,12H2,1H3,(H,20,23). The molecule has 1 saturated heterocycles. The van der Waals surface area contributed by atoms with E-state index in [1.165, 1.54) is 15.4 Å². The number of H-pyrrole nitrogens is 1. The highest BCUT2D eigenvalue weighted by molar-refractivity contribution is 7.88. The maximum absolute atomic E-state index is 12.6. The molecule has 0 saturated carbocycles. The number of amides is 1. The van der Waals surface area contributed by atoms with Gasteiger partial charge in [-0.3, -0.25) is 9.59 Å². The Labute approximate surface area is 162 Å². The van der Waals surface area contributed by atoms with Crippen molar-refractivity contribution in [2.45, 2.75) is 12.7 Å². The quantitative estimate of drug-likeness (QED) is 0.830. The summed E-state index contributed by atoms with van der Waals surface area (Å²) >= 11 is 5.92. The molecule has 0 radical (unpaired) electrons. The molecule has 2 aromatic rings. The van der Waals surface area contributed by atoms with Crippen LogP contribution in [0.15, 0.2) is 41.3 Å². The molecular formula is C18H20ClN3O4S. The summed E-state index contributed by atoms with van der Waals surface area (Å²) in [6.45, 7) is 2.47. The first-order chi connectivity index (χ1) is 12.8. The van der Waals surface area contributed by atoms with E-state index < -0.39 is 21.4 Å². The van der Waals surface area contributed by atoms with Gasteiger partial charge in [0, 0.05) is 38.1 Å². The number of piperazine rings is 1. The molecule has 1 amide bonds. The third kappa shape index (κ3) is 4.23. The number of halogens is 1. The molecule has 7 nitrogen and oxygen atoms in total. The van der Waals surface area contributed by atoms with Crippen molar-refractivity contribution in [2.24, 2.45) is 0 Å². The van der Waals surface area contributed by atoms with Crippen LogP contribution in [-0.4, -0.2) is 54.7 Å². The molecule has 2 heterocycles. The Kier molecular flexibility index (Phi) is 5.69. The molecule has 9 heteroatoms. The van der Waals surface area contributed by atoms with E-state index in [9.17, 15) is 18.0 Å². The van der Waals surface area contributed by atoms with E-state index in [4.69, 9.17) is 11.6 Å². The Bertz CT molecular complexity index is 997.